The Labute approximate surface area is 115 Å². The van der Waals surface area contributed by atoms with Gasteiger partial charge in [0.25, 0.3) is 0 Å². The summed E-state index contributed by atoms with van der Waals surface area (Å²) in [5.41, 5.74) is 5.42. The Morgan fingerprint density at radius 1 is 0.947 bits per heavy atom. The van der Waals surface area contributed by atoms with Gasteiger partial charge in [-0.3, -0.25) is 14.5 Å². The van der Waals surface area contributed by atoms with Gasteiger partial charge in [0.2, 0.25) is 0 Å². The molecular formula is C13H26N2O4. The molecule has 0 atom stereocenters. The predicted octanol–water partition coefficient (Wildman–Crippen LogP) is 0.544. The van der Waals surface area contributed by atoms with Gasteiger partial charge in [-0.05, 0) is 39.8 Å². The number of hydrogen-bond donors (Lipinski definition) is 1. The largest absolute Gasteiger partial charge is 0.465 e. The number of nitrogens with two attached hydrogens (primary N) is 1. The number of carbonyl (C=O) groups excluding carboxylic acids is 2. The molecule has 112 valence electrons. The fourth-order valence-electron chi connectivity index (χ4n) is 1.65. The SMILES string of the molecule is CCOC(=O)CN(CCCCCN)CC(=O)OCC. The van der Waals surface area contributed by atoms with Crippen molar-refractivity contribution in [3.05, 3.63) is 0 Å². The van der Waals surface area contributed by atoms with E-state index in [0.717, 1.165) is 19.3 Å². The van der Waals surface area contributed by atoms with Gasteiger partial charge in [-0.15, -0.1) is 0 Å². The quantitative estimate of drug-likeness (QED) is 0.437. The highest BCUT2D eigenvalue weighted by atomic mass is 16.5. The van der Waals surface area contributed by atoms with Crippen molar-refractivity contribution in [2.75, 3.05) is 39.4 Å². The van der Waals surface area contributed by atoms with Crippen molar-refractivity contribution in [1.29, 1.82) is 0 Å². The van der Waals surface area contributed by atoms with Crippen molar-refractivity contribution < 1.29 is 19.1 Å². The summed E-state index contributed by atoms with van der Waals surface area (Å²) in [4.78, 5) is 24.6. The molecule has 6 heteroatoms. The molecule has 0 heterocycles. The molecule has 0 saturated heterocycles. The zero-order chi connectivity index (χ0) is 14.5. The molecule has 0 aliphatic rings. The highest BCUT2D eigenvalue weighted by Crippen LogP contribution is 2.00. The number of esters is 2. The lowest BCUT2D eigenvalue weighted by Gasteiger charge is -2.20. The molecule has 0 aliphatic carbocycles. The smallest absolute Gasteiger partial charge is 0.320 e. The average Bonchev–Trinajstić information content (AvgIpc) is 2.35. The first kappa shape index (κ1) is 17.9. The summed E-state index contributed by atoms with van der Waals surface area (Å²) in [5.74, 6) is -0.628. The Balaban J connectivity index is 4.13. The lowest BCUT2D eigenvalue weighted by molar-refractivity contribution is -0.148. The van der Waals surface area contributed by atoms with Crippen molar-refractivity contribution in [3.8, 4) is 0 Å². The van der Waals surface area contributed by atoms with E-state index in [1.54, 1.807) is 18.7 Å². The van der Waals surface area contributed by atoms with E-state index in [9.17, 15) is 9.59 Å². The third kappa shape index (κ3) is 10.5. The highest BCUT2D eigenvalue weighted by Gasteiger charge is 2.15. The minimum Gasteiger partial charge on any atom is -0.465 e. The molecule has 0 amide bonds. The molecular weight excluding hydrogens is 248 g/mol. The molecule has 0 aliphatic heterocycles. The van der Waals surface area contributed by atoms with Crippen LogP contribution in [0.2, 0.25) is 0 Å². The summed E-state index contributed by atoms with van der Waals surface area (Å²) in [6.45, 7) is 5.78. The minimum absolute atomic E-state index is 0.120. The molecule has 0 aromatic heterocycles. The molecule has 0 fully saturated rings. The number of ether oxygens (including phenoxy) is 2. The molecule has 0 bridgehead atoms. The Kier molecular flexibility index (Phi) is 11.2. The first-order chi connectivity index (χ1) is 9.13. The number of nitrogens with zero attached hydrogens (tertiary/aromatic N) is 1. The highest BCUT2D eigenvalue weighted by molar-refractivity contribution is 5.75. The first-order valence-electron chi connectivity index (χ1n) is 6.87. The molecule has 0 radical (unpaired) electrons. The fourth-order valence-corrected chi connectivity index (χ4v) is 1.65. The zero-order valence-electron chi connectivity index (χ0n) is 12.0. The minimum atomic E-state index is -0.314. The van der Waals surface area contributed by atoms with E-state index in [2.05, 4.69) is 0 Å². The van der Waals surface area contributed by atoms with Crippen LogP contribution in [-0.4, -0.2) is 56.2 Å². The Morgan fingerprint density at radius 2 is 1.47 bits per heavy atom. The van der Waals surface area contributed by atoms with Gasteiger partial charge in [0.1, 0.15) is 0 Å². The molecule has 0 saturated carbocycles. The van der Waals surface area contributed by atoms with Crippen LogP contribution in [0.25, 0.3) is 0 Å². The molecule has 0 aromatic carbocycles. The second kappa shape index (κ2) is 11.9. The van der Waals surface area contributed by atoms with Gasteiger partial charge in [-0.25, -0.2) is 0 Å². The van der Waals surface area contributed by atoms with Gasteiger partial charge >= 0.3 is 11.9 Å². The van der Waals surface area contributed by atoms with Gasteiger partial charge < -0.3 is 15.2 Å². The molecule has 0 aromatic rings. The van der Waals surface area contributed by atoms with E-state index in [-0.39, 0.29) is 25.0 Å². The summed E-state index contributed by atoms with van der Waals surface area (Å²) >= 11 is 0. The van der Waals surface area contributed by atoms with Gasteiger partial charge in [-0.1, -0.05) is 6.42 Å². The number of unbranched alkanes of at least 4 members (excludes halogenated alkanes) is 2. The van der Waals surface area contributed by atoms with E-state index >= 15 is 0 Å². The van der Waals surface area contributed by atoms with Crippen LogP contribution in [0.4, 0.5) is 0 Å². The number of carbonyl (C=O) groups is 2. The molecule has 19 heavy (non-hydrogen) atoms. The maximum absolute atomic E-state index is 11.4. The zero-order valence-corrected chi connectivity index (χ0v) is 12.0. The van der Waals surface area contributed by atoms with Crippen LogP contribution >= 0.6 is 0 Å². The Bertz CT molecular complexity index is 239. The third-order valence-electron chi connectivity index (χ3n) is 2.49. The number of rotatable bonds is 11. The lowest BCUT2D eigenvalue weighted by atomic mass is 10.2. The van der Waals surface area contributed by atoms with Crippen molar-refractivity contribution in [3.63, 3.8) is 0 Å². The molecule has 0 unspecified atom stereocenters. The first-order valence-corrected chi connectivity index (χ1v) is 6.87. The lowest BCUT2D eigenvalue weighted by Crippen LogP contribution is -2.36. The second-order valence-corrected chi connectivity index (χ2v) is 4.17. The summed E-state index contributed by atoms with van der Waals surface area (Å²) in [5, 5.41) is 0. The van der Waals surface area contributed by atoms with Gasteiger partial charge in [0.15, 0.2) is 0 Å². The summed E-state index contributed by atoms with van der Waals surface area (Å²) in [7, 11) is 0. The maximum atomic E-state index is 11.4. The van der Waals surface area contributed by atoms with Crippen molar-refractivity contribution in [2.45, 2.75) is 33.1 Å². The fraction of sp³-hybridized carbons (Fsp3) is 0.846. The Hall–Kier alpha value is -1.14. The van der Waals surface area contributed by atoms with E-state index in [1.165, 1.54) is 0 Å². The summed E-state index contributed by atoms with van der Waals surface area (Å²) in [6, 6.07) is 0. The van der Waals surface area contributed by atoms with Crippen LogP contribution < -0.4 is 5.73 Å². The van der Waals surface area contributed by atoms with Crippen LogP contribution in [0.5, 0.6) is 0 Å². The molecule has 6 nitrogen and oxygen atoms in total. The average molecular weight is 274 g/mol. The molecule has 2 N–H and O–H groups in total. The third-order valence-corrected chi connectivity index (χ3v) is 2.49. The van der Waals surface area contributed by atoms with Crippen LogP contribution in [0, 0.1) is 0 Å². The Morgan fingerprint density at radius 3 is 1.89 bits per heavy atom. The van der Waals surface area contributed by atoms with Crippen LogP contribution in [0.1, 0.15) is 33.1 Å². The van der Waals surface area contributed by atoms with Crippen molar-refractivity contribution in [1.82, 2.24) is 4.90 Å². The van der Waals surface area contributed by atoms with Gasteiger partial charge in [-0.2, -0.15) is 0 Å². The normalized spacial score (nSPS) is 10.5. The van der Waals surface area contributed by atoms with Crippen LogP contribution in [-0.2, 0) is 19.1 Å². The maximum Gasteiger partial charge on any atom is 0.320 e. The summed E-state index contributed by atoms with van der Waals surface area (Å²) < 4.78 is 9.78. The van der Waals surface area contributed by atoms with E-state index in [0.29, 0.717) is 26.3 Å². The summed E-state index contributed by atoms with van der Waals surface area (Å²) in [6.07, 6.45) is 2.83. The van der Waals surface area contributed by atoms with Crippen molar-refractivity contribution >= 4 is 11.9 Å². The molecule has 0 rings (SSSR count). The number of hydrogen-bond acceptors (Lipinski definition) is 6. The monoisotopic (exact) mass is 274 g/mol. The standard InChI is InChI=1S/C13H26N2O4/c1-3-18-12(16)10-15(9-7-5-6-8-14)11-13(17)19-4-2/h3-11,14H2,1-2H3. The van der Waals surface area contributed by atoms with Crippen LogP contribution in [0.3, 0.4) is 0 Å². The molecule has 0 spiro atoms. The van der Waals surface area contributed by atoms with E-state index in [1.807, 2.05) is 0 Å². The predicted molar refractivity (Wildman–Crippen MR) is 72.6 cm³/mol. The second-order valence-electron chi connectivity index (χ2n) is 4.17. The van der Waals surface area contributed by atoms with E-state index < -0.39 is 0 Å². The van der Waals surface area contributed by atoms with Gasteiger partial charge in [0, 0.05) is 0 Å². The van der Waals surface area contributed by atoms with E-state index in [4.69, 9.17) is 15.2 Å². The van der Waals surface area contributed by atoms with Gasteiger partial charge in [0.05, 0.1) is 26.3 Å². The van der Waals surface area contributed by atoms with Crippen molar-refractivity contribution in [2.24, 2.45) is 5.73 Å². The topological polar surface area (TPSA) is 81.9 Å². The van der Waals surface area contributed by atoms with Crippen LogP contribution in [0.15, 0.2) is 0 Å².